The van der Waals surface area contributed by atoms with Crippen LogP contribution in [0.25, 0.3) is 11.3 Å². The maximum Gasteiger partial charge on any atom is 0.232 e. The van der Waals surface area contributed by atoms with Gasteiger partial charge in [0.1, 0.15) is 0 Å². The van der Waals surface area contributed by atoms with Crippen molar-refractivity contribution < 1.29 is 9.32 Å². The van der Waals surface area contributed by atoms with Crippen LogP contribution in [0.2, 0.25) is 5.02 Å². The molecule has 1 heterocycles. The van der Waals surface area contributed by atoms with Gasteiger partial charge in [-0.25, -0.2) is 0 Å². The summed E-state index contributed by atoms with van der Waals surface area (Å²) in [6, 6.07) is 9.42. The largest absolute Gasteiger partial charge is 0.356 e. The molecule has 0 aliphatic heterocycles. The van der Waals surface area contributed by atoms with Crippen LogP contribution >= 0.6 is 11.6 Å². The summed E-state index contributed by atoms with van der Waals surface area (Å²) in [7, 11) is 0. The molecule has 2 aromatic rings. The Labute approximate surface area is 134 Å². The van der Waals surface area contributed by atoms with Gasteiger partial charge in [-0.05, 0) is 50.5 Å². The number of nitrogens with zero attached hydrogens (tertiary/aromatic N) is 1. The van der Waals surface area contributed by atoms with Crippen molar-refractivity contribution in [2.24, 2.45) is 0 Å². The van der Waals surface area contributed by atoms with Crippen molar-refractivity contribution in [3.63, 3.8) is 0 Å². The maximum absolute atomic E-state index is 12.5. The second kappa shape index (κ2) is 5.76. The molecule has 3 rings (SSSR count). The van der Waals surface area contributed by atoms with E-state index in [1.807, 2.05) is 37.3 Å². The van der Waals surface area contributed by atoms with E-state index < -0.39 is 5.41 Å². The molecule has 0 radical (unpaired) electrons. The third-order valence-corrected chi connectivity index (χ3v) is 4.56. The van der Waals surface area contributed by atoms with Crippen molar-refractivity contribution in [1.82, 2.24) is 10.5 Å². The van der Waals surface area contributed by atoms with Gasteiger partial charge in [-0.15, -0.1) is 0 Å². The molecule has 4 nitrogen and oxygen atoms in total. The van der Waals surface area contributed by atoms with Crippen LogP contribution < -0.4 is 5.32 Å². The molecule has 1 aromatic heterocycles. The van der Waals surface area contributed by atoms with Gasteiger partial charge in [0.15, 0.2) is 5.76 Å². The molecule has 1 atom stereocenters. The highest BCUT2D eigenvalue weighted by molar-refractivity contribution is 6.30. The first kappa shape index (κ1) is 15.1. The minimum atomic E-state index is -0.502. The van der Waals surface area contributed by atoms with E-state index in [0.717, 1.165) is 30.5 Å². The quantitative estimate of drug-likeness (QED) is 0.908. The number of hydrogen-bond donors (Lipinski definition) is 1. The highest BCUT2D eigenvalue weighted by Gasteiger charge is 2.53. The fraction of sp³-hybridized carbons (Fsp3) is 0.412. The van der Waals surface area contributed by atoms with Crippen LogP contribution in [0.15, 0.2) is 34.9 Å². The van der Waals surface area contributed by atoms with Crippen LogP contribution in [0.1, 0.15) is 38.8 Å². The smallest absolute Gasteiger partial charge is 0.232 e. The van der Waals surface area contributed by atoms with Crippen molar-refractivity contribution in [2.75, 3.05) is 0 Å². The average Bonchev–Trinajstić information content (AvgIpc) is 3.19. The van der Waals surface area contributed by atoms with Gasteiger partial charge in [0, 0.05) is 22.7 Å². The summed E-state index contributed by atoms with van der Waals surface area (Å²) in [5.74, 6) is 0.715. The number of aromatic nitrogens is 1. The van der Waals surface area contributed by atoms with Crippen molar-refractivity contribution in [1.29, 1.82) is 0 Å². The second-order valence-electron chi connectivity index (χ2n) is 5.95. The van der Waals surface area contributed by atoms with Gasteiger partial charge in [0.2, 0.25) is 5.91 Å². The Morgan fingerprint density at radius 2 is 2.09 bits per heavy atom. The number of halogens is 1. The summed E-state index contributed by atoms with van der Waals surface area (Å²) < 4.78 is 5.43. The van der Waals surface area contributed by atoms with Crippen molar-refractivity contribution in [3.05, 3.63) is 41.0 Å². The summed E-state index contributed by atoms with van der Waals surface area (Å²) in [5.41, 5.74) is 1.12. The summed E-state index contributed by atoms with van der Waals surface area (Å²) in [4.78, 5) is 12.5. The molecule has 1 saturated carbocycles. The molecule has 1 aromatic carbocycles. The van der Waals surface area contributed by atoms with Gasteiger partial charge in [-0.3, -0.25) is 4.79 Å². The van der Waals surface area contributed by atoms with Gasteiger partial charge in [-0.1, -0.05) is 23.7 Å². The highest BCUT2D eigenvalue weighted by Crippen LogP contribution is 2.48. The maximum atomic E-state index is 12.5. The number of hydrogen-bond acceptors (Lipinski definition) is 3. The Morgan fingerprint density at radius 1 is 1.41 bits per heavy atom. The zero-order chi connectivity index (χ0) is 15.7. The van der Waals surface area contributed by atoms with Crippen LogP contribution in [-0.2, 0) is 10.2 Å². The third-order valence-electron chi connectivity index (χ3n) is 4.30. The molecule has 116 valence electrons. The fourth-order valence-electron chi connectivity index (χ4n) is 2.44. The van der Waals surface area contributed by atoms with Crippen molar-refractivity contribution >= 4 is 17.5 Å². The Bertz CT molecular complexity index is 674. The van der Waals surface area contributed by atoms with E-state index in [4.69, 9.17) is 16.1 Å². The molecule has 22 heavy (non-hydrogen) atoms. The van der Waals surface area contributed by atoms with E-state index in [1.54, 1.807) is 0 Å². The molecule has 1 unspecified atom stereocenters. The standard InChI is InChI=1S/C17H19ClN2O2/c1-3-11(2)19-16(21)17(8-9-17)15-10-14(22-20-15)12-4-6-13(18)7-5-12/h4-7,10-11H,3,8-9H2,1-2H3,(H,19,21). The molecule has 1 aliphatic carbocycles. The van der Waals surface area contributed by atoms with Crippen LogP contribution in [-0.4, -0.2) is 17.1 Å². The number of benzene rings is 1. The molecule has 1 aliphatic rings. The van der Waals surface area contributed by atoms with Crippen molar-refractivity contribution in [3.8, 4) is 11.3 Å². The molecule has 5 heteroatoms. The van der Waals surface area contributed by atoms with E-state index in [-0.39, 0.29) is 11.9 Å². The topological polar surface area (TPSA) is 55.1 Å². The van der Waals surface area contributed by atoms with E-state index in [2.05, 4.69) is 17.4 Å². The van der Waals surface area contributed by atoms with E-state index >= 15 is 0 Å². The Hall–Kier alpha value is -1.81. The monoisotopic (exact) mass is 318 g/mol. The predicted octanol–water partition coefficient (Wildman–Crippen LogP) is 3.94. The minimum Gasteiger partial charge on any atom is -0.356 e. The Kier molecular flexibility index (Phi) is 3.96. The number of carbonyl (C=O) groups excluding carboxylic acids is 1. The zero-order valence-electron chi connectivity index (χ0n) is 12.7. The van der Waals surface area contributed by atoms with Crippen LogP contribution in [0.3, 0.4) is 0 Å². The van der Waals surface area contributed by atoms with Crippen LogP contribution in [0.5, 0.6) is 0 Å². The molecule has 1 fully saturated rings. The molecular formula is C17H19ClN2O2. The van der Waals surface area contributed by atoms with Gasteiger partial charge < -0.3 is 9.84 Å². The van der Waals surface area contributed by atoms with Crippen LogP contribution in [0, 0.1) is 0 Å². The molecule has 0 saturated heterocycles. The summed E-state index contributed by atoms with van der Waals surface area (Å²) in [6.45, 7) is 4.06. The molecule has 1 amide bonds. The molecule has 0 spiro atoms. The Morgan fingerprint density at radius 3 is 2.68 bits per heavy atom. The lowest BCUT2D eigenvalue weighted by Crippen LogP contribution is -2.40. The number of nitrogens with one attached hydrogen (secondary N) is 1. The first-order valence-corrected chi connectivity index (χ1v) is 7.97. The summed E-state index contributed by atoms with van der Waals surface area (Å²) >= 11 is 5.89. The van der Waals surface area contributed by atoms with Gasteiger partial charge >= 0.3 is 0 Å². The number of amides is 1. The van der Waals surface area contributed by atoms with Gasteiger partial charge in [-0.2, -0.15) is 0 Å². The third kappa shape index (κ3) is 2.75. The molecular weight excluding hydrogens is 300 g/mol. The minimum absolute atomic E-state index is 0.0535. The number of carbonyl (C=O) groups is 1. The summed E-state index contributed by atoms with van der Waals surface area (Å²) in [6.07, 6.45) is 2.56. The van der Waals surface area contributed by atoms with E-state index in [0.29, 0.717) is 10.8 Å². The normalized spacial score (nSPS) is 17.0. The molecule has 1 N–H and O–H groups in total. The first-order chi connectivity index (χ1) is 10.5. The zero-order valence-corrected chi connectivity index (χ0v) is 13.5. The lowest BCUT2D eigenvalue weighted by molar-refractivity contribution is -0.124. The second-order valence-corrected chi connectivity index (χ2v) is 6.38. The first-order valence-electron chi connectivity index (χ1n) is 7.59. The highest BCUT2D eigenvalue weighted by atomic mass is 35.5. The fourth-order valence-corrected chi connectivity index (χ4v) is 2.57. The van der Waals surface area contributed by atoms with Crippen LogP contribution in [0.4, 0.5) is 0 Å². The SMILES string of the molecule is CCC(C)NC(=O)C1(c2cc(-c3ccc(Cl)cc3)on2)CC1. The number of rotatable bonds is 5. The predicted molar refractivity (Wildman–Crippen MR) is 85.8 cm³/mol. The van der Waals surface area contributed by atoms with Crippen molar-refractivity contribution in [2.45, 2.75) is 44.6 Å². The average molecular weight is 319 g/mol. The molecule has 0 bridgehead atoms. The van der Waals surface area contributed by atoms with Gasteiger partial charge in [0.25, 0.3) is 0 Å². The van der Waals surface area contributed by atoms with E-state index in [1.165, 1.54) is 0 Å². The lowest BCUT2D eigenvalue weighted by atomic mass is 9.99. The Balaban J connectivity index is 1.81. The van der Waals surface area contributed by atoms with Gasteiger partial charge in [0.05, 0.1) is 11.1 Å². The summed E-state index contributed by atoms with van der Waals surface area (Å²) in [5, 5.41) is 7.86. The van der Waals surface area contributed by atoms with E-state index in [9.17, 15) is 4.79 Å². The lowest BCUT2D eigenvalue weighted by Gasteiger charge is -2.16.